The van der Waals surface area contributed by atoms with Crippen molar-refractivity contribution in [3.8, 4) is 11.4 Å². The summed E-state index contributed by atoms with van der Waals surface area (Å²) in [7, 11) is 1.61. The van der Waals surface area contributed by atoms with Crippen LogP contribution in [-0.4, -0.2) is 40.0 Å². The molecule has 0 saturated carbocycles. The Morgan fingerprint density at radius 3 is 2.62 bits per heavy atom. The zero-order chi connectivity index (χ0) is 24.0. The average Bonchev–Trinajstić information content (AvgIpc) is 3.37. The summed E-state index contributed by atoms with van der Waals surface area (Å²) < 4.78 is 41.5. The Hall–Kier alpha value is -3.88. The third-order valence-electron chi connectivity index (χ3n) is 5.96. The van der Waals surface area contributed by atoms with Gasteiger partial charge in [-0.1, -0.05) is 11.2 Å². The molecule has 0 spiro atoms. The lowest BCUT2D eigenvalue weighted by Crippen LogP contribution is -2.51. The molecule has 0 amide bonds. The summed E-state index contributed by atoms with van der Waals surface area (Å²) in [6.45, 7) is 6.01. The van der Waals surface area contributed by atoms with Gasteiger partial charge in [0.05, 0.1) is 31.4 Å². The molecule has 0 unspecified atom stereocenters. The lowest BCUT2D eigenvalue weighted by molar-refractivity contribution is -0.104. The molecule has 7 nitrogen and oxygen atoms in total. The van der Waals surface area contributed by atoms with Crippen LogP contribution < -0.4 is 4.74 Å². The van der Waals surface area contributed by atoms with Gasteiger partial charge in [0.1, 0.15) is 23.5 Å². The van der Waals surface area contributed by atoms with E-state index in [1.54, 1.807) is 20.4 Å². The van der Waals surface area contributed by atoms with Gasteiger partial charge >= 0.3 is 0 Å². The van der Waals surface area contributed by atoms with Gasteiger partial charge in [0.25, 0.3) is 0 Å². The van der Waals surface area contributed by atoms with Crippen molar-refractivity contribution in [1.82, 2.24) is 14.5 Å². The minimum absolute atomic E-state index is 0.209. The number of hydrogen-bond donors (Lipinski definition) is 0. The molecule has 0 bridgehead atoms. The third-order valence-corrected chi connectivity index (χ3v) is 5.96. The largest absolute Gasteiger partial charge is 0.495 e. The van der Waals surface area contributed by atoms with E-state index in [1.807, 2.05) is 53.8 Å². The van der Waals surface area contributed by atoms with Gasteiger partial charge in [-0.25, -0.2) is 13.8 Å². The number of nitrogens with zero attached hydrogens (tertiary/aromatic N) is 4. The molecule has 2 aliphatic rings. The average molecular weight is 466 g/mol. The smallest absolute Gasteiger partial charge is 0.234 e. The zero-order valence-electron chi connectivity index (χ0n) is 19.3. The van der Waals surface area contributed by atoms with Crippen LogP contribution in [0.25, 0.3) is 11.8 Å². The number of methoxy groups -OCH3 is 1. The standard InChI is InChI=1S/C25H24F2N4O3/c1-15-12-30(14-28-15)21-6-5-17(7-22(21)32-4)8-23-24-29-34-25(3,31(24)13-16(2)33-23)18-9-19(26)11-20(27)10-18/h5-12,14,16H,13H2,1-4H3/b23-8-/t16-,25-/m0/s1. The maximum atomic E-state index is 13.9. The van der Waals surface area contributed by atoms with Gasteiger partial charge in [-0.3, -0.25) is 0 Å². The molecule has 2 aliphatic heterocycles. The van der Waals surface area contributed by atoms with E-state index in [0.29, 0.717) is 29.5 Å². The van der Waals surface area contributed by atoms with E-state index < -0.39 is 17.4 Å². The van der Waals surface area contributed by atoms with Crippen LogP contribution in [-0.2, 0) is 15.3 Å². The SMILES string of the molecule is COc1cc(/C=C2\O[C@@H](C)CN3C2=NO[C@@]3(C)c2cc(F)cc(F)c2)ccc1-n1cnc(C)c1. The molecule has 34 heavy (non-hydrogen) atoms. The Balaban J connectivity index is 1.50. The molecule has 176 valence electrons. The topological polar surface area (TPSA) is 61.1 Å². The fraction of sp³-hybridized carbons (Fsp3) is 0.280. The number of rotatable bonds is 4. The fourth-order valence-corrected chi connectivity index (χ4v) is 4.27. The van der Waals surface area contributed by atoms with Crippen LogP contribution in [0.5, 0.6) is 5.75 Å². The molecule has 0 aliphatic carbocycles. The maximum absolute atomic E-state index is 13.9. The highest BCUT2D eigenvalue weighted by atomic mass is 19.1. The summed E-state index contributed by atoms with van der Waals surface area (Å²) in [5, 5.41) is 4.23. The highest BCUT2D eigenvalue weighted by Gasteiger charge is 2.48. The Kier molecular flexibility index (Phi) is 5.27. The third kappa shape index (κ3) is 3.76. The van der Waals surface area contributed by atoms with E-state index in [2.05, 4.69) is 10.1 Å². The second kappa shape index (κ2) is 8.16. The van der Waals surface area contributed by atoms with Crippen LogP contribution in [0.3, 0.4) is 0 Å². The number of oxime groups is 1. The van der Waals surface area contributed by atoms with Gasteiger partial charge < -0.3 is 23.8 Å². The van der Waals surface area contributed by atoms with Gasteiger partial charge in [0.2, 0.25) is 11.6 Å². The van der Waals surface area contributed by atoms with Crippen LogP contribution in [0.1, 0.15) is 30.7 Å². The van der Waals surface area contributed by atoms with Crippen LogP contribution in [0.15, 0.2) is 59.8 Å². The van der Waals surface area contributed by atoms with Gasteiger partial charge in [-0.2, -0.15) is 0 Å². The minimum Gasteiger partial charge on any atom is -0.495 e. The van der Waals surface area contributed by atoms with Gasteiger partial charge in [-0.15, -0.1) is 0 Å². The minimum atomic E-state index is -1.17. The Bertz CT molecular complexity index is 1300. The monoisotopic (exact) mass is 466 g/mol. The summed E-state index contributed by atoms with van der Waals surface area (Å²) in [6, 6.07) is 9.10. The maximum Gasteiger partial charge on any atom is 0.234 e. The summed E-state index contributed by atoms with van der Waals surface area (Å²) >= 11 is 0. The molecule has 9 heteroatoms. The molecule has 1 fully saturated rings. The number of hydrogen-bond acceptors (Lipinski definition) is 6. The lowest BCUT2D eigenvalue weighted by Gasteiger charge is -2.39. The van der Waals surface area contributed by atoms with Gasteiger partial charge in [0.15, 0.2) is 5.76 Å². The van der Waals surface area contributed by atoms with Gasteiger partial charge in [0, 0.05) is 24.8 Å². The Morgan fingerprint density at radius 1 is 1.18 bits per heavy atom. The van der Waals surface area contributed by atoms with Crippen molar-refractivity contribution in [3.05, 3.63) is 83.1 Å². The Morgan fingerprint density at radius 2 is 1.94 bits per heavy atom. The Labute approximate surface area is 195 Å². The molecule has 0 N–H and O–H groups in total. The van der Waals surface area contributed by atoms with Gasteiger partial charge in [-0.05, 0) is 49.8 Å². The van der Waals surface area contributed by atoms with Crippen molar-refractivity contribution in [2.24, 2.45) is 5.16 Å². The number of aryl methyl sites for hydroxylation is 1. The number of benzene rings is 2. The van der Waals surface area contributed by atoms with Crippen LogP contribution in [0.4, 0.5) is 8.78 Å². The zero-order valence-corrected chi connectivity index (χ0v) is 19.3. The number of fused-ring (bicyclic) bond motifs is 1. The number of aromatic nitrogens is 2. The van der Waals surface area contributed by atoms with Crippen molar-refractivity contribution in [2.75, 3.05) is 13.7 Å². The quantitative estimate of drug-likeness (QED) is 0.556. The second-order valence-corrected chi connectivity index (χ2v) is 8.55. The van der Waals surface area contributed by atoms with E-state index in [1.165, 1.54) is 12.1 Å². The molecule has 1 aromatic heterocycles. The summed E-state index contributed by atoms with van der Waals surface area (Å²) in [5.74, 6) is 0.263. The van der Waals surface area contributed by atoms with Crippen molar-refractivity contribution < 1.29 is 23.1 Å². The number of morpholine rings is 1. The number of imidazole rings is 1. The first-order valence-corrected chi connectivity index (χ1v) is 10.8. The molecule has 3 heterocycles. The normalized spacial score (nSPS) is 22.8. The molecule has 2 atom stereocenters. The van der Waals surface area contributed by atoms with Crippen LogP contribution in [0.2, 0.25) is 0 Å². The number of halogens is 2. The number of amidine groups is 1. The predicted octanol–water partition coefficient (Wildman–Crippen LogP) is 4.75. The number of ether oxygens (including phenoxy) is 2. The molecule has 0 radical (unpaired) electrons. The summed E-state index contributed by atoms with van der Waals surface area (Å²) in [6.07, 6.45) is 5.28. The van der Waals surface area contributed by atoms with E-state index in [4.69, 9.17) is 14.3 Å². The van der Waals surface area contributed by atoms with Crippen LogP contribution in [0, 0.1) is 18.6 Å². The molecular weight excluding hydrogens is 442 g/mol. The lowest BCUT2D eigenvalue weighted by atomic mass is 10.0. The first-order chi connectivity index (χ1) is 16.3. The first-order valence-electron chi connectivity index (χ1n) is 10.8. The predicted molar refractivity (Wildman–Crippen MR) is 122 cm³/mol. The molecule has 5 rings (SSSR count). The summed E-state index contributed by atoms with van der Waals surface area (Å²) in [5.41, 5.74) is 1.75. The van der Waals surface area contributed by atoms with E-state index >= 15 is 0 Å². The highest BCUT2D eigenvalue weighted by molar-refractivity contribution is 6.01. The molecule has 2 aromatic carbocycles. The van der Waals surface area contributed by atoms with Crippen molar-refractivity contribution >= 4 is 11.9 Å². The first kappa shape index (κ1) is 21.9. The molecule has 1 saturated heterocycles. The highest BCUT2D eigenvalue weighted by Crippen LogP contribution is 2.40. The molecule has 3 aromatic rings. The van der Waals surface area contributed by atoms with Crippen molar-refractivity contribution in [2.45, 2.75) is 32.6 Å². The van der Waals surface area contributed by atoms with E-state index in [9.17, 15) is 8.78 Å². The van der Waals surface area contributed by atoms with Crippen molar-refractivity contribution in [1.29, 1.82) is 0 Å². The van der Waals surface area contributed by atoms with E-state index in [0.717, 1.165) is 23.0 Å². The second-order valence-electron chi connectivity index (χ2n) is 8.55. The van der Waals surface area contributed by atoms with Crippen LogP contribution >= 0.6 is 0 Å². The van der Waals surface area contributed by atoms with E-state index in [-0.39, 0.29) is 6.10 Å². The van der Waals surface area contributed by atoms with Crippen molar-refractivity contribution in [3.63, 3.8) is 0 Å². The fourth-order valence-electron chi connectivity index (χ4n) is 4.27. The molecular formula is C25H24F2N4O3. The summed E-state index contributed by atoms with van der Waals surface area (Å²) in [4.78, 5) is 11.9.